The maximum atomic E-state index is 12.3. The summed E-state index contributed by atoms with van der Waals surface area (Å²) < 4.78 is 5.22. The van der Waals surface area contributed by atoms with E-state index in [0.29, 0.717) is 24.1 Å². The van der Waals surface area contributed by atoms with E-state index in [1.807, 2.05) is 12.1 Å². The second-order valence-corrected chi connectivity index (χ2v) is 5.11. The van der Waals surface area contributed by atoms with Gasteiger partial charge in [0.1, 0.15) is 5.82 Å². The van der Waals surface area contributed by atoms with E-state index >= 15 is 0 Å². The van der Waals surface area contributed by atoms with Crippen LogP contribution in [-0.4, -0.2) is 39.1 Å². The Labute approximate surface area is 122 Å². The Balaban J connectivity index is 1.64. The van der Waals surface area contributed by atoms with E-state index in [-0.39, 0.29) is 11.9 Å². The van der Waals surface area contributed by atoms with Gasteiger partial charge >= 0.3 is 6.03 Å². The monoisotopic (exact) mass is 287 g/mol. The van der Waals surface area contributed by atoms with Gasteiger partial charge in [0, 0.05) is 19.3 Å². The Morgan fingerprint density at radius 3 is 3.10 bits per heavy atom. The highest BCUT2D eigenvalue weighted by Crippen LogP contribution is 2.25. The number of hydrogen-bond acceptors (Lipinski definition) is 5. The molecule has 3 heterocycles. The smallest absolute Gasteiger partial charge is 0.323 e. The molecule has 110 valence electrons. The highest BCUT2D eigenvalue weighted by Gasteiger charge is 2.28. The van der Waals surface area contributed by atoms with Gasteiger partial charge in [-0.1, -0.05) is 11.2 Å². The molecule has 7 heteroatoms. The molecule has 1 aliphatic rings. The molecule has 0 aromatic carbocycles. The molecule has 0 saturated carbocycles. The second-order valence-electron chi connectivity index (χ2n) is 5.11. The summed E-state index contributed by atoms with van der Waals surface area (Å²) in [6.07, 6.45) is 3.52. The molecule has 2 aromatic rings. The highest BCUT2D eigenvalue weighted by atomic mass is 16.5. The number of nitrogens with zero attached hydrogens (tertiary/aromatic N) is 4. The van der Waals surface area contributed by atoms with Crippen LogP contribution < -0.4 is 5.32 Å². The molecule has 0 spiro atoms. The van der Waals surface area contributed by atoms with E-state index in [9.17, 15) is 4.79 Å². The van der Waals surface area contributed by atoms with Crippen molar-refractivity contribution in [3.05, 3.63) is 36.1 Å². The predicted octanol–water partition coefficient (Wildman–Crippen LogP) is 2.18. The summed E-state index contributed by atoms with van der Waals surface area (Å²) >= 11 is 0. The molecule has 0 bridgehead atoms. The molecule has 1 fully saturated rings. The molecule has 1 N–H and O–H groups in total. The number of pyridine rings is 1. The fourth-order valence-electron chi connectivity index (χ4n) is 2.47. The molecule has 0 aliphatic carbocycles. The van der Waals surface area contributed by atoms with Gasteiger partial charge in [0.15, 0.2) is 5.82 Å². The van der Waals surface area contributed by atoms with Crippen molar-refractivity contribution in [2.45, 2.75) is 25.7 Å². The summed E-state index contributed by atoms with van der Waals surface area (Å²) in [6.45, 7) is 3.10. The van der Waals surface area contributed by atoms with E-state index in [0.717, 1.165) is 19.4 Å². The number of carbonyl (C=O) groups excluding carboxylic acids is 1. The van der Waals surface area contributed by atoms with Crippen LogP contribution >= 0.6 is 0 Å². The van der Waals surface area contributed by atoms with Gasteiger partial charge in [0.25, 0.3) is 0 Å². The number of likely N-dealkylation sites (tertiary alicyclic amines) is 1. The molecule has 3 rings (SSSR count). The third kappa shape index (κ3) is 3.18. The largest absolute Gasteiger partial charge is 0.339 e. The predicted molar refractivity (Wildman–Crippen MR) is 75.8 cm³/mol. The van der Waals surface area contributed by atoms with Crippen LogP contribution in [-0.2, 0) is 0 Å². The van der Waals surface area contributed by atoms with Gasteiger partial charge in [-0.25, -0.2) is 9.78 Å². The molecule has 1 atom stereocenters. The average molecular weight is 287 g/mol. The van der Waals surface area contributed by atoms with Crippen LogP contribution in [0.2, 0.25) is 0 Å². The van der Waals surface area contributed by atoms with Crippen molar-refractivity contribution in [1.29, 1.82) is 0 Å². The Kier molecular flexibility index (Phi) is 3.81. The van der Waals surface area contributed by atoms with Crippen molar-refractivity contribution in [1.82, 2.24) is 20.0 Å². The molecular weight excluding hydrogens is 270 g/mol. The second kappa shape index (κ2) is 5.90. The topological polar surface area (TPSA) is 84.2 Å². The zero-order valence-corrected chi connectivity index (χ0v) is 11.8. The third-order valence-electron chi connectivity index (χ3n) is 3.50. The number of nitrogens with one attached hydrogen (secondary N) is 1. The third-order valence-corrected chi connectivity index (χ3v) is 3.50. The molecule has 2 aromatic heterocycles. The van der Waals surface area contributed by atoms with Crippen molar-refractivity contribution in [2.75, 3.05) is 18.4 Å². The maximum Gasteiger partial charge on any atom is 0.323 e. The molecule has 1 saturated heterocycles. The molecule has 2 amide bonds. The lowest BCUT2D eigenvalue weighted by Crippen LogP contribution is -2.41. The van der Waals surface area contributed by atoms with E-state index in [4.69, 9.17) is 4.52 Å². The first-order chi connectivity index (χ1) is 10.2. The number of carbonyl (C=O) groups is 1. The minimum Gasteiger partial charge on any atom is -0.339 e. The number of amides is 2. The van der Waals surface area contributed by atoms with Gasteiger partial charge in [-0.15, -0.1) is 0 Å². The Hall–Kier alpha value is -2.44. The Morgan fingerprint density at radius 2 is 2.38 bits per heavy atom. The molecule has 1 aliphatic heterocycles. The molecular formula is C14H17N5O2. The number of hydrogen-bond donors (Lipinski definition) is 1. The van der Waals surface area contributed by atoms with Crippen molar-refractivity contribution in [2.24, 2.45) is 0 Å². The molecule has 7 nitrogen and oxygen atoms in total. The first kappa shape index (κ1) is 13.5. The van der Waals surface area contributed by atoms with E-state index in [2.05, 4.69) is 20.4 Å². The van der Waals surface area contributed by atoms with E-state index < -0.39 is 0 Å². The van der Waals surface area contributed by atoms with Gasteiger partial charge in [0.2, 0.25) is 5.89 Å². The number of piperidine rings is 1. The number of aryl methyl sites for hydroxylation is 1. The summed E-state index contributed by atoms with van der Waals surface area (Å²) in [4.78, 5) is 22.4. The van der Waals surface area contributed by atoms with Crippen LogP contribution in [0.4, 0.5) is 10.6 Å². The van der Waals surface area contributed by atoms with Crippen molar-refractivity contribution in [3.63, 3.8) is 0 Å². The van der Waals surface area contributed by atoms with Crippen molar-refractivity contribution < 1.29 is 9.32 Å². The lowest BCUT2D eigenvalue weighted by atomic mass is 9.98. The van der Waals surface area contributed by atoms with Crippen LogP contribution in [0.25, 0.3) is 0 Å². The van der Waals surface area contributed by atoms with Crippen LogP contribution in [0, 0.1) is 6.92 Å². The normalized spacial score (nSPS) is 18.5. The van der Waals surface area contributed by atoms with E-state index in [1.165, 1.54) is 0 Å². The summed E-state index contributed by atoms with van der Waals surface area (Å²) in [5.74, 6) is 1.90. The van der Waals surface area contributed by atoms with Gasteiger partial charge in [0.05, 0.1) is 5.92 Å². The Morgan fingerprint density at radius 1 is 1.48 bits per heavy atom. The first-order valence-corrected chi connectivity index (χ1v) is 6.99. The van der Waals surface area contributed by atoms with Crippen LogP contribution in [0.15, 0.2) is 28.9 Å². The Bertz CT molecular complexity index is 613. The number of rotatable bonds is 2. The van der Waals surface area contributed by atoms with Gasteiger partial charge in [-0.3, -0.25) is 5.32 Å². The van der Waals surface area contributed by atoms with Gasteiger partial charge in [-0.2, -0.15) is 4.98 Å². The minimum atomic E-state index is -0.144. The van der Waals surface area contributed by atoms with Crippen LogP contribution in [0.1, 0.15) is 30.5 Å². The van der Waals surface area contributed by atoms with Crippen LogP contribution in [0.5, 0.6) is 0 Å². The number of anilines is 1. The maximum absolute atomic E-state index is 12.3. The van der Waals surface area contributed by atoms with E-state index in [1.54, 1.807) is 24.1 Å². The molecule has 0 unspecified atom stereocenters. The SMILES string of the molecule is Cc1noc([C@@H]2CCCN(C(=O)Nc3ccccn3)C2)n1. The lowest BCUT2D eigenvalue weighted by molar-refractivity contribution is 0.184. The molecule has 0 radical (unpaired) electrons. The molecule has 21 heavy (non-hydrogen) atoms. The van der Waals surface area contributed by atoms with Crippen LogP contribution in [0.3, 0.4) is 0 Å². The highest BCUT2D eigenvalue weighted by molar-refractivity contribution is 5.88. The quantitative estimate of drug-likeness (QED) is 0.915. The van der Waals surface area contributed by atoms with Crippen molar-refractivity contribution >= 4 is 11.8 Å². The fourth-order valence-corrected chi connectivity index (χ4v) is 2.47. The fraction of sp³-hybridized carbons (Fsp3) is 0.429. The van der Waals surface area contributed by atoms with Gasteiger partial charge < -0.3 is 9.42 Å². The number of urea groups is 1. The minimum absolute atomic E-state index is 0.106. The van der Waals surface area contributed by atoms with Crippen molar-refractivity contribution in [3.8, 4) is 0 Å². The summed E-state index contributed by atoms with van der Waals surface area (Å²) in [5.41, 5.74) is 0. The lowest BCUT2D eigenvalue weighted by Gasteiger charge is -2.30. The van der Waals surface area contributed by atoms with Gasteiger partial charge in [-0.05, 0) is 31.9 Å². The summed E-state index contributed by atoms with van der Waals surface area (Å²) in [7, 11) is 0. The number of aromatic nitrogens is 3. The average Bonchev–Trinajstić information content (AvgIpc) is 2.95. The standard InChI is InChI=1S/C14H17N5O2/c1-10-16-13(21-18-10)11-5-4-8-19(9-11)14(20)17-12-6-2-3-7-15-12/h2-3,6-7,11H,4-5,8-9H2,1H3,(H,15,17,20)/t11-/m1/s1. The first-order valence-electron chi connectivity index (χ1n) is 6.99. The zero-order valence-electron chi connectivity index (χ0n) is 11.8. The summed E-state index contributed by atoms with van der Waals surface area (Å²) in [5, 5.41) is 6.61. The zero-order chi connectivity index (χ0) is 14.7. The summed E-state index contributed by atoms with van der Waals surface area (Å²) in [6, 6.07) is 5.27.